The summed E-state index contributed by atoms with van der Waals surface area (Å²) in [6, 6.07) is 0. The first-order chi connectivity index (χ1) is 8.51. The van der Waals surface area contributed by atoms with Crippen molar-refractivity contribution in [3.63, 3.8) is 0 Å². The van der Waals surface area contributed by atoms with Gasteiger partial charge in [-0.05, 0) is 31.5 Å². The largest absolute Gasteiger partial charge is 0.408 e. The highest BCUT2D eigenvalue weighted by Gasteiger charge is 2.61. The van der Waals surface area contributed by atoms with Gasteiger partial charge in [0, 0.05) is 1.37 Å². The summed E-state index contributed by atoms with van der Waals surface area (Å²) >= 11 is 0. The van der Waals surface area contributed by atoms with Crippen molar-refractivity contribution in [2.24, 2.45) is 0 Å². The topological polar surface area (TPSA) is 27.7 Å². The Labute approximate surface area is 114 Å². The van der Waals surface area contributed by atoms with Gasteiger partial charge in [0.1, 0.15) is 17.8 Å². The Morgan fingerprint density at radius 1 is 1.44 bits per heavy atom. The van der Waals surface area contributed by atoms with Gasteiger partial charge in [0.05, 0.1) is 12.7 Å². The number of rotatable bonds is 3. The van der Waals surface area contributed by atoms with Crippen LogP contribution in [0.5, 0.6) is 0 Å². The minimum atomic E-state index is -1.88. The third-order valence-electron chi connectivity index (χ3n) is 4.87. The Bertz CT molecular complexity index is 353. The van der Waals surface area contributed by atoms with E-state index in [2.05, 4.69) is 33.9 Å². The van der Waals surface area contributed by atoms with Crippen LogP contribution in [-0.4, -0.2) is 38.8 Å². The molecule has 0 radical (unpaired) electrons. The second kappa shape index (κ2) is 4.30. The monoisotopic (exact) mass is 273 g/mol. The molecule has 4 heteroatoms. The third kappa shape index (κ3) is 2.07. The fraction of sp³-hybridized carbons (Fsp3) is 1.00. The molecule has 3 nitrogen and oxygen atoms in total. The smallest absolute Gasteiger partial charge is 0.192 e. The molecule has 2 aliphatic rings. The maximum Gasteiger partial charge on any atom is 0.192 e. The van der Waals surface area contributed by atoms with Gasteiger partial charge < -0.3 is 13.9 Å². The minimum Gasteiger partial charge on any atom is -0.408 e. The van der Waals surface area contributed by atoms with E-state index in [-0.39, 0.29) is 29.7 Å². The predicted octanol–water partition coefficient (Wildman–Crippen LogP) is 3.34. The van der Waals surface area contributed by atoms with E-state index in [0.29, 0.717) is 6.61 Å². The van der Waals surface area contributed by atoms with E-state index in [1.54, 1.807) is 0 Å². The number of hydrogen-bond donors (Lipinski definition) is 0. The molecule has 2 saturated heterocycles. The van der Waals surface area contributed by atoms with Crippen molar-refractivity contribution < 1.29 is 15.3 Å². The average Bonchev–Trinajstić information content (AvgIpc) is 2.68. The Morgan fingerprint density at radius 3 is 2.50 bits per heavy atom. The van der Waals surface area contributed by atoms with E-state index < -0.39 is 13.9 Å². The lowest BCUT2D eigenvalue weighted by Crippen LogP contribution is -2.51. The Morgan fingerprint density at radius 2 is 2.06 bits per heavy atom. The first-order valence-electron chi connectivity index (χ1n) is 7.48. The van der Waals surface area contributed by atoms with Gasteiger partial charge in [0.2, 0.25) is 0 Å². The van der Waals surface area contributed by atoms with Gasteiger partial charge in [-0.2, -0.15) is 0 Å². The highest BCUT2D eigenvalue weighted by molar-refractivity contribution is 6.74. The summed E-state index contributed by atoms with van der Waals surface area (Å²) in [5, 5.41) is 0.157. The van der Waals surface area contributed by atoms with E-state index in [1.165, 1.54) is 0 Å². The Hall–Kier alpha value is 0.0969. The molecule has 18 heavy (non-hydrogen) atoms. The molecule has 2 fully saturated rings. The zero-order chi connectivity index (χ0) is 14.6. The summed E-state index contributed by atoms with van der Waals surface area (Å²) in [6.45, 7) is 15.6. The van der Waals surface area contributed by atoms with Crippen molar-refractivity contribution in [2.75, 3.05) is 6.61 Å². The van der Waals surface area contributed by atoms with Crippen LogP contribution >= 0.6 is 0 Å². The van der Waals surface area contributed by atoms with Crippen LogP contribution in [0.25, 0.3) is 0 Å². The summed E-state index contributed by atoms with van der Waals surface area (Å²) in [5.74, 6) is 0. The summed E-state index contributed by atoms with van der Waals surface area (Å²) in [4.78, 5) is 0. The van der Waals surface area contributed by atoms with Crippen molar-refractivity contribution in [1.82, 2.24) is 0 Å². The number of ether oxygens (including phenoxy) is 2. The molecule has 2 aliphatic heterocycles. The fourth-order valence-electron chi connectivity index (χ4n) is 2.55. The van der Waals surface area contributed by atoms with Gasteiger partial charge >= 0.3 is 0 Å². The number of fused-ring (bicyclic) bond motifs is 2. The average molecular weight is 273 g/mol. The molecule has 0 unspecified atom stereocenters. The second-order valence-corrected chi connectivity index (χ2v) is 11.9. The van der Waals surface area contributed by atoms with Gasteiger partial charge in [-0.15, -0.1) is 0 Å². The standard InChI is InChI=1S/C14H28O3Si/c1-8-14-9-15-11(10(2)16-14)12(14)17-18(6,7)13(3,4)5/h10-12H,8-9H2,1-7H3/t10-,11+,12+,14+/m0/s1/i8D/t8-,10-,11+,12+,14+. The van der Waals surface area contributed by atoms with E-state index >= 15 is 0 Å². The van der Waals surface area contributed by atoms with Gasteiger partial charge in [0.25, 0.3) is 0 Å². The third-order valence-corrected chi connectivity index (χ3v) is 9.32. The fourth-order valence-corrected chi connectivity index (χ4v) is 3.87. The molecule has 0 saturated carbocycles. The Balaban J connectivity index is 2.25. The molecule has 2 rings (SSSR count). The zero-order valence-corrected chi connectivity index (χ0v) is 13.7. The first kappa shape index (κ1) is 13.1. The van der Waals surface area contributed by atoms with Crippen LogP contribution < -0.4 is 0 Å². The van der Waals surface area contributed by atoms with Crippen molar-refractivity contribution in [3.8, 4) is 0 Å². The van der Waals surface area contributed by atoms with Crippen LogP contribution in [0.4, 0.5) is 0 Å². The quantitative estimate of drug-likeness (QED) is 0.738. The Kier molecular flexibility index (Phi) is 3.13. The molecule has 0 aromatic rings. The predicted molar refractivity (Wildman–Crippen MR) is 75.4 cm³/mol. The lowest BCUT2D eigenvalue weighted by atomic mass is 9.96. The molecule has 2 heterocycles. The summed E-state index contributed by atoms with van der Waals surface area (Å²) in [7, 11) is -1.88. The molecule has 0 aromatic heterocycles. The van der Waals surface area contributed by atoms with Crippen LogP contribution in [0, 0.1) is 0 Å². The van der Waals surface area contributed by atoms with Crippen LogP contribution in [-0.2, 0) is 13.9 Å². The summed E-state index contributed by atoms with van der Waals surface area (Å²) in [6.07, 6.45) is -0.411. The van der Waals surface area contributed by atoms with Crippen LogP contribution in [0.3, 0.4) is 0 Å². The van der Waals surface area contributed by atoms with Crippen LogP contribution in [0.15, 0.2) is 0 Å². The van der Waals surface area contributed by atoms with Crippen molar-refractivity contribution in [3.05, 3.63) is 0 Å². The lowest BCUT2D eigenvalue weighted by Gasteiger charge is -2.40. The summed E-state index contributed by atoms with van der Waals surface area (Å²) in [5.41, 5.74) is -0.570. The highest BCUT2D eigenvalue weighted by Crippen LogP contribution is 2.47. The van der Waals surface area contributed by atoms with E-state index in [9.17, 15) is 0 Å². The highest BCUT2D eigenvalue weighted by atomic mass is 28.4. The van der Waals surface area contributed by atoms with E-state index in [1.807, 2.05) is 13.8 Å². The molecular weight excluding hydrogens is 244 g/mol. The van der Waals surface area contributed by atoms with Crippen molar-refractivity contribution in [1.29, 1.82) is 0 Å². The first-order valence-corrected chi connectivity index (χ1v) is 9.81. The van der Waals surface area contributed by atoms with Gasteiger partial charge in [0.15, 0.2) is 8.32 Å². The molecule has 0 aliphatic carbocycles. The minimum absolute atomic E-state index is 0.0121. The van der Waals surface area contributed by atoms with Gasteiger partial charge in [-0.1, -0.05) is 27.7 Å². The van der Waals surface area contributed by atoms with Crippen molar-refractivity contribution >= 4 is 8.32 Å². The van der Waals surface area contributed by atoms with Crippen molar-refractivity contribution in [2.45, 2.75) is 83.1 Å². The van der Waals surface area contributed by atoms with Crippen LogP contribution in [0.1, 0.15) is 42.4 Å². The molecule has 2 bridgehead atoms. The van der Waals surface area contributed by atoms with E-state index in [4.69, 9.17) is 15.3 Å². The molecule has 0 spiro atoms. The molecule has 0 N–H and O–H groups in total. The van der Waals surface area contributed by atoms with Gasteiger partial charge in [-0.25, -0.2) is 0 Å². The number of hydrogen-bond acceptors (Lipinski definition) is 3. The molecular formula is C14H28O3Si. The normalized spacial score (nSPS) is 43.1. The van der Waals surface area contributed by atoms with Gasteiger partial charge in [-0.3, -0.25) is 0 Å². The molecule has 0 aromatic carbocycles. The van der Waals surface area contributed by atoms with Crippen LogP contribution in [0.2, 0.25) is 18.1 Å². The molecule has 0 amide bonds. The molecule has 106 valence electrons. The second-order valence-electron chi connectivity index (χ2n) is 7.14. The van der Waals surface area contributed by atoms with E-state index in [0.717, 1.165) is 0 Å². The SMILES string of the molecule is [2H][C@@H](C)[C@]12CO[C@H]([C@H](C)O1)[C@H]2O[Si](C)(C)C(C)(C)C. The summed E-state index contributed by atoms with van der Waals surface area (Å²) < 4.78 is 26.6. The maximum atomic E-state index is 8.16. The lowest BCUT2D eigenvalue weighted by molar-refractivity contribution is -0.139. The zero-order valence-electron chi connectivity index (χ0n) is 13.7. The maximum absolute atomic E-state index is 8.16. The molecule has 5 atom stereocenters.